The largest absolute Gasteiger partial charge is 0.461 e. The summed E-state index contributed by atoms with van der Waals surface area (Å²) in [6.45, 7) is 7.08. The topological polar surface area (TPSA) is 80.3 Å². The van der Waals surface area contributed by atoms with Gasteiger partial charge in [-0.15, -0.1) is 0 Å². The van der Waals surface area contributed by atoms with Gasteiger partial charge in [0.2, 0.25) is 5.91 Å². The van der Waals surface area contributed by atoms with E-state index in [1.807, 2.05) is 18.2 Å². The van der Waals surface area contributed by atoms with Gasteiger partial charge in [0.25, 0.3) is 0 Å². The molecule has 0 unspecified atom stereocenters. The molecule has 5 heteroatoms. The summed E-state index contributed by atoms with van der Waals surface area (Å²) < 4.78 is 6.02. The van der Waals surface area contributed by atoms with Gasteiger partial charge in [-0.2, -0.15) is 0 Å². The zero-order chi connectivity index (χ0) is 24.5. The van der Waals surface area contributed by atoms with Crippen molar-refractivity contribution in [3.63, 3.8) is 0 Å². The Labute approximate surface area is 206 Å². The lowest BCUT2D eigenvalue weighted by atomic mass is 9.92. The second-order valence-corrected chi connectivity index (χ2v) is 9.81. The van der Waals surface area contributed by atoms with Crippen molar-refractivity contribution in [1.82, 2.24) is 5.32 Å². The number of aryl methyl sites for hydroxylation is 3. The van der Waals surface area contributed by atoms with Gasteiger partial charge < -0.3 is 20.8 Å². The lowest BCUT2D eigenvalue weighted by Crippen LogP contribution is -2.44. The van der Waals surface area contributed by atoms with Crippen molar-refractivity contribution in [3.05, 3.63) is 99.8 Å². The zero-order valence-electron chi connectivity index (χ0n) is 20.7. The minimum atomic E-state index is -0.591. The summed E-state index contributed by atoms with van der Waals surface area (Å²) in [5.74, 6) is 0.825. The van der Waals surface area contributed by atoms with Crippen molar-refractivity contribution in [2.45, 2.75) is 52.1 Å². The van der Waals surface area contributed by atoms with E-state index >= 15 is 0 Å². The molecule has 180 valence electrons. The molecule has 0 saturated heterocycles. The summed E-state index contributed by atoms with van der Waals surface area (Å²) in [6, 6.07) is 20.2. The molecule has 1 aliphatic rings. The Morgan fingerprint density at radius 2 is 1.86 bits per heavy atom. The number of nitrogens with two attached hydrogens (primary N) is 1. The summed E-state index contributed by atoms with van der Waals surface area (Å²) in [5, 5.41) is 7.80. The molecule has 35 heavy (non-hydrogen) atoms. The number of hydrogen-bond donors (Lipinski definition) is 3. The second-order valence-electron chi connectivity index (χ2n) is 9.81. The van der Waals surface area contributed by atoms with Crippen LogP contribution in [-0.4, -0.2) is 18.5 Å². The van der Waals surface area contributed by atoms with E-state index in [4.69, 9.17) is 10.2 Å². The SMILES string of the molecule is Cc1cc(C)c(C[C@H](N)C(=O)N[C@@H]2CCNc3ccc(Cc4cc5ccccc5o4)cc32)c(C)c1. The van der Waals surface area contributed by atoms with Crippen molar-refractivity contribution < 1.29 is 9.21 Å². The number of amides is 1. The number of anilines is 1. The fourth-order valence-electron chi connectivity index (χ4n) is 5.28. The first kappa shape index (κ1) is 23.2. The van der Waals surface area contributed by atoms with Gasteiger partial charge in [-0.25, -0.2) is 0 Å². The summed E-state index contributed by atoms with van der Waals surface area (Å²) in [4.78, 5) is 13.1. The third-order valence-corrected chi connectivity index (χ3v) is 7.01. The lowest BCUT2D eigenvalue weighted by Gasteiger charge is -2.29. The standard InChI is InChI=1S/C30H33N3O2/c1-18-12-19(2)24(20(3)13-18)17-26(31)30(34)33-28-10-11-32-27-9-8-21(15-25(27)28)14-23-16-22-6-4-5-7-29(22)35-23/h4-9,12-13,15-16,26,28,32H,10-11,14,17,31H2,1-3H3,(H,33,34)/t26-,28+/m0/s1. The molecule has 4 N–H and O–H groups in total. The van der Waals surface area contributed by atoms with Crippen LogP contribution in [0.4, 0.5) is 5.69 Å². The Bertz CT molecular complexity index is 1330. The van der Waals surface area contributed by atoms with Crippen molar-refractivity contribution in [2.75, 3.05) is 11.9 Å². The molecule has 2 atom stereocenters. The van der Waals surface area contributed by atoms with Crippen LogP contribution in [0.3, 0.4) is 0 Å². The van der Waals surface area contributed by atoms with E-state index in [1.165, 1.54) is 16.7 Å². The van der Waals surface area contributed by atoms with E-state index in [9.17, 15) is 4.79 Å². The molecule has 5 nitrogen and oxygen atoms in total. The predicted molar refractivity (Wildman–Crippen MR) is 142 cm³/mol. The molecule has 0 radical (unpaired) electrons. The highest BCUT2D eigenvalue weighted by molar-refractivity contribution is 5.83. The van der Waals surface area contributed by atoms with E-state index in [1.54, 1.807) is 0 Å². The van der Waals surface area contributed by atoms with Crippen LogP contribution in [0, 0.1) is 20.8 Å². The molecular formula is C30H33N3O2. The highest BCUT2D eigenvalue weighted by Gasteiger charge is 2.25. The fraction of sp³-hybridized carbons (Fsp3) is 0.300. The number of furan rings is 1. The van der Waals surface area contributed by atoms with E-state index in [0.717, 1.165) is 52.1 Å². The molecule has 4 aromatic rings. The zero-order valence-corrected chi connectivity index (χ0v) is 20.7. The van der Waals surface area contributed by atoms with Gasteiger partial charge in [-0.3, -0.25) is 4.79 Å². The van der Waals surface area contributed by atoms with E-state index in [0.29, 0.717) is 12.8 Å². The van der Waals surface area contributed by atoms with Gasteiger partial charge in [0, 0.05) is 24.0 Å². The quantitative estimate of drug-likeness (QED) is 0.350. The first-order chi connectivity index (χ1) is 16.9. The average molecular weight is 468 g/mol. The molecule has 1 amide bonds. The third kappa shape index (κ3) is 4.96. The molecule has 0 saturated carbocycles. The number of fused-ring (bicyclic) bond motifs is 2. The van der Waals surface area contributed by atoms with Crippen LogP contribution in [0.15, 0.2) is 65.1 Å². The molecule has 0 fully saturated rings. The lowest BCUT2D eigenvalue weighted by molar-refractivity contribution is -0.123. The maximum Gasteiger partial charge on any atom is 0.237 e. The van der Waals surface area contributed by atoms with Crippen LogP contribution >= 0.6 is 0 Å². The molecule has 3 aromatic carbocycles. The Balaban J connectivity index is 1.31. The van der Waals surface area contributed by atoms with Gasteiger partial charge in [0.05, 0.1) is 12.1 Å². The van der Waals surface area contributed by atoms with Gasteiger partial charge in [-0.05, 0) is 79.6 Å². The third-order valence-electron chi connectivity index (χ3n) is 7.01. The first-order valence-electron chi connectivity index (χ1n) is 12.3. The van der Waals surface area contributed by atoms with Crippen molar-refractivity contribution in [3.8, 4) is 0 Å². The second kappa shape index (κ2) is 9.59. The summed E-state index contributed by atoms with van der Waals surface area (Å²) in [6.07, 6.45) is 2.06. The van der Waals surface area contributed by atoms with Crippen LogP contribution < -0.4 is 16.4 Å². The van der Waals surface area contributed by atoms with Gasteiger partial charge in [0.1, 0.15) is 11.3 Å². The highest BCUT2D eigenvalue weighted by Crippen LogP contribution is 2.32. The summed E-state index contributed by atoms with van der Waals surface area (Å²) in [7, 11) is 0. The number of carbonyl (C=O) groups excluding carboxylic acids is 1. The number of benzene rings is 3. The Morgan fingerprint density at radius 1 is 1.09 bits per heavy atom. The molecule has 1 aromatic heterocycles. The van der Waals surface area contributed by atoms with Crippen LogP contribution in [-0.2, 0) is 17.6 Å². The fourth-order valence-corrected chi connectivity index (χ4v) is 5.28. The van der Waals surface area contributed by atoms with Gasteiger partial charge in [0.15, 0.2) is 0 Å². The van der Waals surface area contributed by atoms with Crippen LogP contribution in [0.1, 0.15) is 51.6 Å². The highest BCUT2D eigenvalue weighted by atomic mass is 16.3. The number of rotatable bonds is 6. The number of carbonyl (C=O) groups is 1. The summed E-state index contributed by atoms with van der Waals surface area (Å²) >= 11 is 0. The minimum absolute atomic E-state index is 0.0689. The predicted octanol–water partition coefficient (Wildman–Crippen LogP) is 5.49. The smallest absolute Gasteiger partial charge is 0.237 e. The maximum atomic E-state index is 13.1. The molecule has 0 bridgehead atoms. The minimum Gasteiger partial charge on any atom is -0.461 e. The summed E-state index contributed by atoms with van der Waals surface area (Å²) in [5.41, 5.74) is 15.4. The van der Waals surface area contributed by atoms with Crippen LogP contribution in [0.2, 0.25) is 0 Å². The van der Waals surface area contributed by atoms with Crippen molar-refractivity contribution in [2.24, 2.45) is 5.73 Å². The van der Waals surface area contributed by atoms with Crippen molar-refractivity contribution >= 4 is 22.6 Å². The van der Waals surface area contributed by atoms with Crippen molar-refractivity contribution in [1.29, 1.82) is 0 Å². The van der Waals surface area contributed by atoms with Crippen LogP contribution in [0.25, 0.3) is 11.0 Å². The van der Waals surface area contributed by atoms with E-state index in [-0.39, 0.29) is 11.9 Å². The molecule has 0 spiro atoms. The van der Waals surface area contributed by atoms with Gasteiger partial charge in [-0.1, -0.05) is 48.0 Å². The van der Waals surface area contributed by atoms with Crippen LogP contribution in [0.5, 0.6) is 0 Å². The van der Waals surface area contributed by atoms with E-state index in [2.05, 4.69) is 73.9 Å². The number of hydrogen-bond acceptors (Lipinski definition) is 4. The maximum absolute atomic E-state index is 13.1. The normalized spacial score (nSPS) is 15.9. The monoisotopic (exact) mass is 467 g/mol. The molecule has 0 aliphatic carbocycles. The van der Waals surface area contributed by atoms with Gasteiger partial charge >= 0.3 is 0 Å². The first-order valence-corrected chi connectivity index (χ1v) is 12.3. The number of nitrogens with one attached hydrogen (secondary N) is 2. The molecule has 5 rings (SSSR count). The average Bonchev–Trinajstić information content (AvgIpc) is 3.24. The number of para-hydroxylation sites is 1. The van der Waals surface area contributed by atoms with E-state index < -0.39 is 6.04 Å². The molecular weight excluding hydrogens is 434 g/mol. The molecule has 1 aliphatic heterocycles. The Hall–Kier alpha value is -3.57. The Morgan fingerprint density at radius 3 is 2.63 bits per heavy atom. The molecule has 2 heterocycles. The Kier molecular flexibility index (Phi) is 6.35.